The number of likely N-dealkylation sites (tertiary alicyclic amines) is 1. The number of carbonyl (C=O) groups excluding carboxylic acids is 1. The normalized spacial score (nSPS) is 18.1. The van der Waals surface area contributed by atoms with Crippen LogP contribution in [0.4, 0.5) is 0 Å². The molecule has 1 aliphatic heterocycles. The number of rotatable bonds is 5. The minimum Gasteiger partial charge on any atom is -0.385 e. The smallest absolute Gasteiger partial charge is 0.223 e. The van der Waals surface area contributed by atoms with Gasteiger partial charge in [0.05, 0.1) is 6.10 Å². The quantitative estimate of drug-likeness (QED) is 0.637. The standard InChI is InChI=1S/C11H20NO3/c1-10(13)12-6-4-11(5-7-12)15-9-3-8-14-2/h11H,1,3-9H2,2H3. The van der Waals surface area contributed by atoms with Gasteiger partial charge in [0.2, 0.25) is 5.91 Å². The van der Waals surface area contributed by atoms with Gasteiger partial charge in [-0.15, -0.1) is 0 Å². The zero-order valence-corrected chi connectivity index (χ0v) is 9.41. The molecule has 87 valence electrons. The molecule has 1 amide bonds. The first kappa shape index (κ1) is 12.5. The van der Waals surface area contributed by atoms with Gasteiger partial charge in [0.15, 0.2) is 0 Å². The Bertz CT molecular complexity index is 188. The van der Waals surface area contributed by atoms with Gasteiger partial charge >= 0.3 is 0 Å². The maximum Gasteiger partial charge on any atom is 0.223 e. The predicted molar refractivity (Wildman–Crippen MR) is 57.4 cm³/mol. The summed E-state index contributed by atoms with van der Waals surface area (Å²) in [5.41, 5.74) is 0. The summed E-state index contributed by atoms with van der Waals surface area (Å²) in [6, 6.07) is 0. The van der Waals surface area contributed by atoms with Crippen LogP contribution in [-0.4, -0.2) is 50.3 Å². The Labute approximate surface area is 91.5 Å². The van der Waals surface area contributed by atoms with Crippen molar-refractivity contribution >= 4 is 5.91 Å². The minimum absolute atomic E-state index is 0.0761. The van der Waals surface area contributed by atoms with E-state index in [1.807, 2.05) is 0 Å². The van der Waals surface area contributed by atoms with Crippen LogP contribution in [-0.2, 0) is 14.3 Å². The molecule has 0 unspecified atom stereocenters. The van der Waals surface area contributed by atoms with Gasteiger partial charge in [-0.2, -0.15) is 0 Å². The molecular formula is C11H20NO3. The van der Waals surface area contributed by atoms with E-state index in [1.165, 1.54) is 0 Å². The van der Waals surface area contributed by atoms with E-state index in [-0.39, 0.29) is 5.91 Å². The van der Waals surface area contributed by atoms with Gasteiger partial charge in [-0.1, -0.05) is 0 Å². The Balaban J connectivity index is 2.07. The zero-order chi connectivity index (χ0) is 11.1. The molecule has 4 heteroatoms. The molecule has 1 saturated heterocycles. The second-order valence-corrected chi connectivity index (χ2v) is 3.80. The van der Waals surface area contributed by atoms with Crippen molar-refractivity contribution in [2.45, 2.75) is 25.4 Å². The van der Waals surface area contributed by atoms with Crippen LogP contribution in [0.15, 0.2) is 0 Å². The Kier molecular flexibility index (Phi) is 5.65. The van der Waals surface area contributed by atoms with Crippen molar-refractivity contribution in [3.8, 4) is 0 Å². The summed E-state index contributed by atoms with van der Waals surface area (Å²) >= 11 is 0. The number of amides is 1. The van der Waals surface area contributed by atoms with Crippen molar-refractivity contribution in [1.82, 2.24) is 4.90 Å². The summed E-state index contributed by atoms with van der Waals surface area (Å²) < 4.78 is 10.6. The first-order chi connectivity index (χ1) is 7.24. The van der Waals surface area contributed by atoms with Gasteiger partial charge in [-0.3, -0.25) is 4.79 Å². The Morgan fingerprint density at radius 1 is 1.40 bits per heavy atom. The number of ether oxygens (including phenoxy) is 2. The van der Waals surface area contributed by atoms with Crippen LogP contribution in [0.2, 0.25) is 0 Å². The average Bonchev–Trinajstić information content (AvgIpc) is 2.25. The average molecular weight is 214 g/mol. The number of nitrogens with zero attached hydrogens (tertiary/aromatic N) is 1. The van der Waals surface area contributed by atoms with Crippen molar-refractivity contribution in [3.05, 3.63) is 6.92 Å². The molecular weight excluding hydrogens is 194 g/mol. The molecule has 1 radical (unpaired) electrons. The van der Waals surface area contributed by atoms with E-state index in [1.54, 1.807) is 12.0 Å². The van der Waals surface area contributed by atoms with Gasteiger partial charge in [-0.25, -0.2) is 0 Å². The second kappa shape index (κ2) is 6.80. The highest BCUT2D eigenvalue weighted by atomic mass is 16.5. The first-order valence-corrected chi connectivity index (χ1v) is 5.45. The fourth-order valence-corrected chi connectivity index (χ4v) is 1.73. The molecule has 0 N–H and O–H groups in total. The van der Waals surface area contributed by atoms with E-state index in [0.717, 1.165) is 45.6 Å². The van der Waals surface area contributed by atoms with Crippen molar-refractivity contribution in [1.29, 1.82) is 0 Å². The van der Waals surface area contributed by atoms with Crippen LogP contribution in [0.3, 0.4) is 0 Å². The lowest BCUT2D eigenvalue weighted by molar-refractivity contribution is -0.128. The summed E-state index contributed by atoms with van der Waals surface area (Å²) in [5, 5.41) is 0. The number of hydrogen-bond donors (Lipinski definition) is 0. The summed E-state index contributed by atoms with van der Waals surface area (Å²) in [7, 11) is 1.69. The molecule has 1 heterocycles. The zero-order valence-electron chi connectivity index (χ0n) is 9.41. The van der Waals surface area contributed by atoms with Crippen LogP contribution in [0.5, 0.6) is 0 Å². The number of hydrogen-bond acceptors (Lipinski definition) is 3. The van der Waals surface area contributed by atoms with Gasteiger partial charge in [0, 0.05) is 40.3 Å². The summed E-state index contributed by atoms with van der Waals surface area (Å²) in [6.45, 7) is 6.45. The second-order valence-electron chi connectivity index (χ2n) is 3.80. The van der Waals surface area contributed by atoms with Crippen molar-refractivity contribution in [2.24, 2.45) is 0 Å². The van der Waals surface area contributed by atoms with E-state index in [9.17, 15) is 4.79 Å². The molecule has 1 fully saturated rings. The van der Waals surface area contributed by atoms with E-state index in [0.29, 0.717) is 6.10 Å². The largest absolute Gasteiger partial charge is 0.385 e. The first-order valence-electron chi connectivity index (χ1n) is 5.45. The highest BCUT2D eigenvalue weighted by Crippen LogP contribution is 2.13. The number of piperidine rings is 1. The van der Waals surface area contributed by atoms with Crippen LogP contribution in [0.25, 0.3) is 0 Å². The third-order valence-corrected chi connectivity index (χ3v) is 2.64. The topological polar surface area (TPSA) is 38.8 Å². The molecule has 0 saturated carbocycles. The number of methoxy groups -OCH3 is 1. The van der Waals surface area contributed by atoms with Crippen molar-refractivity contribution in [3.63, 3.8) is 0 Å². The molecule has 4 nitrogen and oxygen atoms in total. The fourth-order valence-electron chi connectivity index (χ4n) is 1.73. The Morgan fingerprint density at radius 2 is 2.07 bits per heavy atom. The SMILES string of the molecule is [CH2]C(=O)N1CCC(OCCCOC)CC1. The maximum absolute atomic E-state index is 11.0. The monoisotopic (exact) mass is 214 g/mol. The van der Waals surface area contributed by atoms with Gasteiger partial charge in [0.1, 0.15) is 0 Å². The fraction of sp³-hybridized carbons (Fsp3) is 0.818. The highest BCUT2D eigenvalue weighted by molar-refractivity contribution is 5.80. The van der Waals surface area contributed by atoms with Gasteiger partial charge in [-0.05, 0) is 19.3 Å². The summed E-state index contributed by atoms with van der Waals surface area (Å²) in [5.74, 6) is -0.0761. The van der Waals surface area contributed by atoms with Crippen LogP contribution >= 0.6 is 0 Å². The van der Waals surface area contributed by atoms with Gasteiger partial charge in [0.25, 0.3) is 0 Å². The third-order valence-electron chi connectivity index (χ3n) is 2.64. The molecule has 1 aliphatic rings. The van der Waals surface area contributed by atoms with Gasteiger partial charge < -0.3 is 14.4 Å². The van der Waals surface area contributed by atoms with E-state index >= 15 is 0 Å². The molecule has 0 aromatic rings. The van der Waals surface area contributed by atoms with Crippen molar-refractivity contribution in [2.75, 3.05) is 33.4 Å². The predicted octanol–water partition coefficient (Wildman–Crippen LogP) is 0.865. The molecule has 0 atom stereocenters. The van der Waals surface area contributed by atoms with Crippen LogP contribution < -0.4 is 0 Å². The van der Waals surface area contributed by atoms with E-state index in [4.69, 9.17) is 9.47 Å². The van der Waals surface area contributed by atoms with Crippen LogP contribution in [0, 0.1) is 6.92 Å². The highest BCUT2D eigenvalue weighted by Gasteiger charge is 2.20. The van der Waals surface area contributed by atoms with Crippen LogP contribution in [0.1, 0.15) is 19.3 Å². The summed E-state index contributed by atoms with van der Waals surface area (Å²) in [4.78, 5) is 12.7. The minimum atomic E-state index is -0.0761. The molecule has 1 rings (SSSR count). The molecule has 15 heavy (non-hydrogen) atoms. The molecule has 0 spiro atoms. The third kappa shape index (κ3) is 4.62. The Hall–Kier alpha value is -0.610. The molecule has 0 aliphatic carbocycles. The Morgan fingerprint density at radius 3 is 2.60 bits per heavy atom. The lowest BCUT2D eigenvalue weighted by Gasteiger charge is -2.31. The van der Waals surface area contributed by atoms with Crippen molar-refractivity contribution < 1.29 is 14.3 Å². The maximum atomic E-state index is 11.0. The number of carbonyl (C=O) groups is 1. The lowest BCUT2D eigenvalue weighted by Crippen LogP contribution is -2.39. The molecule has 0 aromatic carbocycles. The molecule has 0 bridgehead atoms. The van der Waals surface area contributed by atoms with E-state index < -0.39 is 0 Å². The molecule has 0 aromatic heterocycles. The lowest BCUT2D eigenvalue weighted by atomic mass is 10.1. The van der Waals surface area contributed by atoms with E-state index in [2.05, 4.69) is 6.92 Å². The summed E-state index contributed by atoms with van der Waals surface area (Å²) in [6.07, 6.45) is 3.09.